The summed E-state index contributed by atoms with van der Waals surface area (Å²) in [6.45, 7) is 0. The zero-order chi connectivity index (χ0) is 91.4. The third-order valence-electron chi connectivity index (χ3n) is 25.4. The Kier molecular flexibility index (Phi) is 20.4. The van der Waals surface area contributed by atoms with E-state index in [0.29, 0.717) is 23.4 Å². The van der Waals surface area contributed by atoms with Crippen LogP contribution in [-0.2, 0) is 0 Å². The highest BCUT2D eigenvalue weighted by molar-refractivity contribution is 6.23. The lowest BCUT2D eigenvalue weighted by atomic mass is 10.00. The van der Waals surface area contributed by atoms with Gasteiger partial charge in [-0.05, 0) is 221 Å². The molecule has 0 saturated heterocycles. The van der Waals surface area contributed by atoms with Crippen LogP contribution in [-0.4, -0.2) is 73.5 Å². The van der Waals surface area contributed by atoms with E-state index in [-0.39, 0.29) is 0 Å². The molecule has 18 heteroatoms. The average Bonchev–Trinajstić information content (AvgIpc) is 1.58. The first kappa shape index (κ1) is 80.8. The molecule has 0 unspecified atom stereocenters. The number of benzene rings is 12. The molecule has 0 aliphatic heterocycles. The van der Waals surface area contributed by atoms with Gasteiger partial charge in [0.25, 0.3) is 0 Å². The van der Waals surface area contributed by atoms with E-state index in [1.807, 2.05) is 171 Å². The van der Waals surface area contributed by atoms with Crippen LogP contribution in [0, 0.1) is 0 Å². The van der Waals surface area contributed by atoms with Crippen molar-refractivity contribution < 1.29 is 13.3 Å². The second kappa shape index (κ2) is 34.8. The van der Waals surface area contributed by atoms with Crippen molar-refractivity contribution in [2.24, 2.45) is 0 Å². The fourth-order valence-electron chi connectivity index (χ4n) is 18.7. The number of furan rings is 3. The Hall–Kier alpha value is -19.2. The van der Waals surface area contributed by atoms with Crippen LogP contribution in [0.4, 0.5) is 0 Å². The number of fused-ring (bicyclic) bond motifs is 15. The number of hydrogen-bond acceptors (Lipinski definition) is 15. The molecule has 15 aromatic heterocycles. The lowest BCUT2D eigenvalue weighted by molar-refractivity contribution is 0.635. The molecule has 0 saturated carbocycles. The number of aromatic nitrogens is 15. The summed E-state index contributed by atoms with van der Waals surface area (Å²) >= 11 is 0. The third-order valence-corrected chi connectivity index (χ3v) is 25.4. The fourth-order valence-corrected chi connectivity index (χ4v) is 18.7. The maximum Gasteiger partial charge on any atom is 0.235 e. The minimum atomic E-state index is 0.586. The largest absolute Gasteiger partial charge is 0.455 e. The Balaban J connectivity index is 0.000000110. The molecule has 27 rings (SSSR count). The van der Waals surface area contributed by atoms with Gasteiger partial charge in [-0.2, -0.15) is 0 Å². The highest BCUT2D eigenvalue weighted by Gasteiger charge is 2.26. The van der Waals surface area contributed by atoms with E-state index in [1.165, 1.54) is 0 Å². The number of hydrogen-bond donors (Lipinski definition) is 0. The van der Waals surface area contributed by atoms with Gasteiger partial charge in [0.05, 0.1) is 66.3 Å². The second-order valence-electron chi connectivity index (χ2n) is 33.6. The molecule has 12 aromatic carbocycles. The van der Waals surface area contributed by atoms with Gasteiger partial charge in [0.15, 0.2) is 17.5 Å². The monoisotopic (exact) mass is 1770 g/mol. The normalized spacial score (nSPS) is 11.5. The first-order valence-corrected chi connectivity index (χ1v) is 45.4. The van der Waals surface area contributed by atoms with Crippen molar-refractivity contribution in [2.75, 3.05) is 0 Å². The molecule has 0 aliphatic carbocycles. The molecule has 138 heavy (non-hydrogen) atoms. The van der Waals surface area contributed by atoms with Gasteiger partial charge in [-0.25, -0.2) is 29.9 Å². The molecule has 0 aliphatic rings. The Morgan fingerprint density at radius 3 is 0.870 bits per heavy atom. The highest BCUT2D eigenvalue weighted by Crippen LogP contribution is 2.46. The lowest BCUT2D eigenvalue weighted by Gasteiger charge is -2.13. The van der Waals surface area contributed by atoms with Crippen LogP contribution in [0.25, 0.3) is 251 Å². The lowest BCUT2D eigenvalue weighted by Crippen LogP contribution is -2.04. The van der Waals surface area contributed by atoms with E-state index in [2.05, 4.69) is 292 Å². The molecular formula is C120H75N15O3. The molecule has 0 atom stereocenters. The summed E-state index contributed by atoms with van der Waals surface area (Å²) in [5, 5.41) is 9.76. The number of nitrogens with zero attached hydrogens (tertiary/aromatic N) is 15. The molecular weight excluding hydrogens is 1700 g/mol. The van der Waals surface area contributed by atoms with Gasteiger partial charge in [-0.1, -0.05) is 194 Å². The van der Waals surface area contributed by atoms with Crippen molar-refractivity contribution in [3.8, 4) is 153 Å². The average molecular weight is 1780 g/mol. The molecule has 27 aromatic rings. The number of pyridine rings is 7. The summed E-state index contributed by atoms with van der Waals surface area (Å²) in [4.78, 5) is 55.3. The highest BCUT2D eigenvalue weighted by atomic mass is 16.3. The molecule has 0 N–H and O–H groups in total. The topological polar surface area (TPSA) is 209 Å². The van der Waals surface area contributed by atoms with E-state index in [4.69, 9.17) is 43.2 Å². The van der Waals surface area contributed by atoms with Crippen molar-refractivity contribution >= 4 is 98.3 Å². The number of rotatable bonds is 15. The minimum Gasteiger partial charge on any atom is -0.455 e. The van der Waals surface area contributed by atoms with Crippen LogP contribution in [0.15, 0.2) is 470 Å². The minimum absolute atomic E-state index is 0.586. The standard InChI is InChI=1S/C41H26N4O.C40H25N5O.C39H24N6O/c1-2-6-31(7-3-1)38-25-32-14-15-37-40(41(32)46-38)34-8-4-5-9-36(34)45(37)39-26-33(24-35(44-39)30-18-22-43-23-19-30)28-12-10-27(11-13-28)29-16-20-42-21-17-29;1-2-6-30(7-3-1)37-24-31-14-15-36-38(39(31)46-37)32-8-4-5-9-35(32)45(36)40-43-33(25-34(44-40)29-18-22-42-23-19-29)28-12-10-26(11-13-28)27-16-20-41-21-17-27;1-2-6-25(7-3-1)34-24-29-12-15-33-35(36(29)46-34)31-8-4-5-9-32(31)45(33)30-13-10-26(11-14-30)37-42-38(27-16-20-40-21-17-27)44-39(43-37)28-18-22-41-23-19-28/h1-26H;1-25H;1-24H. The molecule has 18 nitrogen and oxygen atoms in total. The summed E-state index contributed by atoms with van der Waals surface area (Å²) in [6.07, 6.45) is 21.4. The van der Waals surface area contributed by atoms with Crippen molar-refractivity contribution in [3.05, 3.63) is 457 Å². The van der Waals surface area contributed by atoms with Gasteiger partial charge < -0.3 is 17.8 Å². The van der Waals surface area contributed by atoms with E-state index in [0.717, 1.165) is 228 Å². The summed E-state index contributed by atoms with van der Waals surface area (Å²) in [5.74, 6) is 5.74. The molecule has 648 valence electrons. The second-order valence-corrected chi connectivity index (χ2v) is 33.6. The van der Waals surface area contributed by atoms with Crippen LogP contribution < -0.4 is 0 Å². The van der Waals surface area contributed by atoms with Gasteiger partial charge in [-0.15, -0.1) is 0 Å². The summed E-state index contributed by atoms with van der Waals surface area (Å²) in [7, 11) is 0. The Labute approximate surface area is 789 Å². The van der Waals surface area contributed by atoms with E-state index in [9.17, 15) is 0 Å². The zero-order valence-corrected chi connectivity index (χ0v) is 73.7. The third kappa shape index (κ3) is 15.0. The Morgan fingerprint density at radius 2 is 0.471 bits per heavy atom. The molecule has 0 bridgehead atoms. The number of para-hydroxylation sites is 3. The maximum absolute atomic E-state index is 6.61. The smallest absolute Gasteiger partial charge is 0.235 e. The molecule has 0 spiro atoms. The zero-order valence-electron chi connectivity index (χ0n) is 73.7. The maximum atomic E-state index is 6.61. The van der Waals surface area contributed by atoms with E-state index < -0.39 is 0 Å². The van der Waals surface area contributed by atoms with Crippen molar-refractivity contribution in [1.29, 1.82) is 0 Å². The fraction of sp³-hybridized carbons (Fsp3) is 0. The predicted octanol–water partition coefficient (Wildman–Crippen LogP) is 29.3. The van der Waals surface area contributed by atoms with Gasteiger partial charge in [0, 0.05) is 162 Å². The molecule has 15 heterocycles. The molecule has 0 amide bonds. The molecule has 0 radical (unpaired) electrons. The van der Waals surface area contributed by atoms with Gasteiger partial charge in [0.2, 0.25) is 5.95 Å². The van der Waals surface area contributed by atoms with Gasteiger partial charge >= 0.3 is 0 Å². The summed E-state index contributed by atoms with van der Waals surface area (Å²) < 4.78 is 26.5. The van der Waals surface area contributed by atoms with Gasteiger partial charge in [-0.3, -0.25) is 39.0 Å². The SMILES string of the molecule is c1ccc(-c2cc3ccc4c(c5ccccc5n4-c4cc(-c5ccc(-c6ccncc6)cc5)cc(-c5ccncc5)n4)c3o2)cc1.c1ccc(-c2cc3ccc4c(c5ccccc5n4-c4ccc(-c5nc(-c6ccncc6)nc(-c6ccncc6)n5)cc4)c3o2)cc1.c1ccc(-c2cc3ccc4c(c5ccccc5n4-c4nc(-c5ccncc5)cc(-c5ccc(-c6ccncc6)cc5)n4)c3o2)cc1. The van der Waals surface area contributed by atoms with Gasteiger partial charge in [0.1, 0.15) is 39.8 Å². The van der Waals surface area contributed by atoms with Crippen molar-refractivity contribution in [3.63, 3.8) is 0 Å². The van der Waals surface area contributed by atoms with Crippen molar-refractivity contribution in [1.82, 2.24) is 73.5 Å². The van der Waals surface area contributed by atoms with Crippen LogP contribution in [0.5, 0.6) is 0 Å². The van der Waals surface area contributed by atoms with E-state index >= 15 is 0 Å². The predicted molar refractivity (Wildman–Crippen MR) is 550 cm³/mol. The first-order chi connectivity index (χ1) is 68.4. The van der Waals surface area contributed by atoms with Crippen LogP contribution in [0.3, 0.4) is 0 Å². The first-order valence-electron chi connectivity index (χ1n) is 45.4. The Bertz CT molecular complexity index is 8790. The molecule has 0 fully saturated rings. The van der Waals surface area contributed by atoms with Crippen LogP contribution >= 0.6 is 0 Å². The Morgan fingerprint density at radius 1 is 0.181 bits per heavy atom. The van der Waals surface area contributed by atoms with E-state index in [1.54, 1.807) is 37.2 Å². The summed E-state index contributed by atoms with van der Waals surface area (Å²) in [5.41, 5.74) is 27.9. The van der Waals surface area contributed by atoms with Crippen LogP contribution in [0.1, 0.15) is 0 Å². The van der Waals surface area contributed by atoms with Crippen molar-refractivity contribution in [2.45, 2.75) is 0 Å². The quantitative estimate of drug-likeness (QED) is 0.0935. The summed E-state index contributed by atoms with van der Waals surface area (Å²) in [6, 6.07) is 131. The van der Waals surface area contributed by atoms with Crippen LogP contribution in [0.2, 0.25) is 0 Å².